The summed E-state index contributed by atoms with van der Waals surface area (Å²) in [5.41, 5.74) is 1.56. The van der Waals surface area contributed by atoms with E-state index in [4.69, 9.17) is 11.6 Å². The van der Waals surface area contributed by atoms with E-state index in [1.165, 1.54) is 12.1 Å². The van der Waals surface area contributed by atoms with Gasteiger partial charge < -0.3 is 5.32 Å². The fourth-order valence-electron chi connectivity index (χ4n) is 2.40. The average molecular weight is 345 g/mol. The van der Waals surface area contributed by atoms with Gasteiger partial charge in [-0.3, -0.25) is 10.1 Å². The van der Waals surface area contributed by atoms with Gasteiger partial charge in [0, 0.05) is 17.2 Å². The Kier molecular flexibility index (Phi) is 4.50. The van der Waals surface area contributed by atoms with E-state index in [1.807, 2.05) is 12.1 Å². The molecule has 1 N–H and O–H groups in total. The molecule has 2 aromatic carbocycles. The molecule has 0 unspecified atom stereocenters. The Labute approximate surface area is 142 Å². The van der Waals surface area contributed by atoms with Gasteiger partial charge in [0.05, 0.1) is 16.7 Å². The van der Waals surface area contributed by atoms with Gasteiger partial charge in [0.2, 0.25) is 0 Å². The molecule has 0 aliphatic heterocycles. The molecule has 1 aromatic heterocycles. The predicted molar refractivity (Wildman–Crippen MR) is 88.2 cm³/mol. The maximum Gasteiger partial charge on any atom is 0.269 e. The topological polar surface area (TPSA) is 98.8 Å². The lowest BCUT2D eigenvalue weighted by Crippen LogP contribution is -2.22. The van der Waals surface area contributed by atoms with Crippen LogP contribution in [0.15, 0.2) is 48.5 Å². The number of nitrogens with one attached hydrogen (secondary N) is 1. The molecule has 0 saturated heterocycles. The smallest absolute Gasteiger partial charge is 0.269 e. The lowest BCUT2D eigenvalue weighted by atomic mass is 10.1. The Hall–Kier alpha value is -2.84. The number of hydrogen-bond acceptors (Lipinski definition) is 6. The Bertz CT molecular complexity index is 864. The summed E-state index contributed by atoms with van der Waals surface area (Å²) >= 11 is 6.03. The van der Waals surface area contributed by atoms with Gasteiger partial charge in [0.1, 0.15) is 0 Å². The second kappa shape index (κ2) is 6.73. The maximum atomic E-state index is 10.8. The zero-order valence-corrected chi connectivity index (χ0v) is 13.4. The minimum atomic E-state index is -0.436. The summed E-state index contributed by atoms with van der Waals surface area (Å²) in [6.07, 6.45) is 0. The second-order valence-corrected chi connectivity index (χ2v) is 5.44. The fourth-order valence-corrected chi connectivity index (χ4v) is 2.58. The third-order valence-electron chi connectivity index (χ3n) is 3.53. The molecule has 3 aromatic rings. The van der Waals surface area contributed by atoms with E-state index in [0.717, 1.165) is 11.3 Å². The number of aromatic nitrogens is 4. The highest BCUT2D eigenvalue weighted by Crippen LogP contribution is 2.24. The summed E-state index contributed by atoms with van der Waals surface area (Å²) in [7, 11) is 1.77. The third kappa shape index (κ3) is 3.10. The molecule has 0 radical (unpaired) electrons. The lowest BCUT2D eigenvalue weighted by Gasteiger charge is -2.16. The SMILES string of the molecule is CN[C@@H](c1ccc([N+](=O)[O-])cc1)c1nnnn1-c1cccc(Cl)c1. The minimum Gasteiger partial charge on any atom is -0.307 e. The van der Waals surface area contributed by atoms with Crippen LogP contribution < -0.4 is 5.32 Å². The number of nitrogens with zero attached hydrogens (tertiary/aromatic N) is 5. The van der Waals surface area contributed by atoms with E-state index in [-0.39, 0.29) is 11.7 Å². The summed E-state index contributed by atoms with van der Waals surface area (Å²) in [6, 6.07) is 13.1. The molecule has 24 heavy (non-hydrogen) atoms. The van der Waals surface area contributed by atoms with Crippen molar-refractivity contribution in [3.8, 4) is 5.69 Å². The van der Waals surface area contributed by atoms with E-state index < -0.39 is 4.92 Å². The predicted octanol–water partition coefficient (Wildman–Crippen LogP) is 2.53. The van der Waals surface area contributed by atoms with Gasteiger partial charge in [0.25, 0.3) is 5.69 Å². The summed E-state index contributed by atoms with van der Waals surface area (Å²) in [4.78, 5) is 10.4. The zero-order valence-electron chi connectivity index (χ0n) is 12.6. The number of non-ortho nitro benzene ring substituents is 1. The number of nitro groups is 1. The van der Waals surface area contributed by atoms with Crippen LogP contribution in [0.5, 0.6) is 0 Å². The number of hydrogen-bond donors (Lipinski definition) is 1. The standard InChI is InChI=1S/C15H13ClN6O2/c1-17-14(10-5-7-12(8-6-10)22(23)24)15-18-19-20-21(15)13-4-2-3-11(16)9-13/h2-9,14,17H,1H3/t14-/m0/s1. The van der Waals surface area contributed by atoms with E-state index >= 15 is 0 Å². The monoisotopic (exact) mass is 344 g/mol. The highest BCUT2D eigenvalue weighted by atomic mass is 35.5. The van der Waals surface area contributed by atoms with Gasteiger partial charge in [-0.15, -0.1) is 5.10 Å². The summed E-state index contributed by atoms with van der Waals surface area (Å²) in [5.74, 6) is 0.550. The minimum absolute atomic E-state index is 0.0306. The van der Waals surface area contributed by atoms with Crippen molar-refractivity contribution in [2.75, 3.05) is 7.05 Å². The van der Waals surface area contributed by atoms with Gasteiger partial charge in [-0.1, -0.05) is 29.8 Å². The van der Waals surface area contributed by atoms with Crippen LogP contribution in [0.4, 0.5) is 5.69 Å². The Morgan fingerprint density at radius 3 is 2.62 bits per heavy atom. The van der Waals surface area contributed by atoms with Crippen molar-refractivity contribution in [2.45, 2.75) is 6.04 Å². The lowest BCUT2D eigenvalue weighted by molar-refractivity contribution is -0.384. The summed E-state index contributed by atoms with van der Waals surface area (Å²) < 4.78 is 1.58. The van der Waals surface area contributed by atoms with Crippen molar-refractivity contribution in [2.24, 2.45) is 0 Å². The molecule has 3 rings (SSSR count). The Morgan fingerprint density at radius 1 is 1.25 bits per heavy atom. The highest BCUT2D eigenvalue weighted by molar-refractivity contribution is 6.30. The number of nitro benzene ring substituents is 1. The number of rotatable bonds is 5. The molecule has 8 nitrogen and oxygen atoms in total. The quantitative estimate of drug-likeness (QED) is 0.564. The van der Waals surface area contributed by atoms with Crippen LogP contribution in [0.2, 0.25) is 5.02 Å². The first-order chi connectivity index (χ1) is 11.6. The Morgan fingerprint density at radius 2 is 2.00 bits per heavy atom. The van der Waals surface area contributed by atoms with Crippen molar-refractivity contribution in [1.29, 1.82) is 0 Å². The van der Waals surface area contributed by atoms with Crippen LogP contribution in [0.1, 0.15) is 17.4 Å². The number of tetrazole rings is 1. The molecule has 0 saturated carbocycles. The van der Waals surface area contributed by atoms with Crippen LogP contribution in [-0.2, 0) is 0 Å². The van der Waals surface area contributed by atoms with Crippen molar-refractivity contribution < 1.29 is 4.92 Å². The molecule has 0 bridgehead atoms. The summed E-state index contributed by atoms with van der Waals surface area (Å²) in [6.45, 7) is 0. The molecule has 9 heteroatoms. The molecule has 1 heterocycles. The molecular weight excluding hydrogens is 332 g/mol. The van der Waals surface area contributed by atoms with Crippen LogP contribution >= 0.6 is 11.6 Å². The molecule has 122 valence electrons. The average Bonchev–Trinajstić information content (AvgIpc) is 3.05. The van der Waals surface area contributed by atoms with Gasteiger partial charge >= 0.3 is 0 Å². The van der Waals surface area contributed by atoms with Crippen molar-refractivity contribution in [3.63, 3.8) is 0 Å². The van der Waals surface area contributed by atoms with Crippen LogP contribution in [0.3, 0.4) is 0 Å². The van der Waals surface area contributed by atoms with Crippen molar-refractivity contribution in [3.05, 3.63) is 75.1 Å². The third-order valence-corrected chi connectivity index (χ3v) is 3.77. The first-order valence-corrected chi connectivity index (χ1v) is 7.44. The van der Waals surface area contributed by atoms with Gasteiger partial charge in [-0.05, 0) is 41.2 Å². The second-order valence-electron chi connectivity index (χ2n) is 5.00. The van der Waals surface area contributed by atoms with Gasteiger partial charge in [-0.25, -0.2) is 0 Å². The maximum absolute atomic E-state index is 10.8. The molecular formula is C15H13ClN6O2. The highest BCUT2D eigenvalue weighted by Gasteiger charge is 2.21. The summed E-state index contributed by atoms with van der Waals surface area (Å²) in [5, 5.41) is 26.3. The van der Waals surface area contributed by atoms with Crippen LogP contribution in [-0.4, -0.2) is 32.2 Å². The largest absolute Gasteiger partial charge is 0.307 e. The van der Waals surface area contributed by atoms with Gasteiger partial charge in [0.15, 0.2) is 5.82 Å². The zero-order chi connectivity index (χ0) is 17.1. The number of halogens is 1. The molecule has 0 fully saturated rings. The van der Waals surface area contributed by atoms with E-state index in [9.17, 15) is 10.1 Å². The van der Waals surface area contributed by atoms with Crippen LogP contribution in [0, 0.1) is 10.1 Å². The first kappa shape index (κ1) is 16.0. The Balaban J connectivity index is 2.00. The molecule has 0 aliphatic carbocycles. The number of benzene rings is 2. The van der Waals surface area contributed by atoms with E-state index in [1.54, 1.807) is 36.0 Å². The molecule has 0 aliphatic rings. The van der Waals surface area contributed by atoms with Crippen LogP contribution in [0.25, 0.3) is 5.69 Å². The van der Waals surface area contributed by atoms with Crippen molar-refractivity contribution >= 4 is 17.3 Å². The fraction of sp³-hybridized carbons (Fsp3) is 0.133. The first-order valence-electron chi connectivity index (χ1n) is 7.06. The van der Waals surface area contributed by atoms with E-state index in [2.05, 4.69) is 20.8 Å². The van der Waals surface area contributed by atoms with Crippen molar-refractivity contribution in [1.82, 2.24) is 25.5 Å². The molecule has 1 atom stereocenters. The molecule has 0 spiro atoms. The van der Waals surface area contributed by atoms with Gasteiger partial charge in [-0.2, -0.15) is 4.68 Å². The van der Waals surface area contributed by atoms with E-state index in [0.29, 0.717) is 10.8 Å². The molecule has 0 amide bonds. The normalized spacial score (nSPS) is 12.1.